The van der Waals surface area contributed by atoms with Crippen molar-refractivity contribution in [3.63, 3.8) is 0 Å². The number of halogens is 1. The molecular weight excluding hydrogens is 387 g/mol. The molecule has 1 aliphatic heterocycles. The van der Waals surface area contributed by atoms with Crippen LogP contribution in [-0.2, 0) is 7.05 Å². The van der Waals surface area contributed by atoms with Gasteiger partial charge >= 0.3 is 0 Å². The minimum absolute atomic E-state index is 0.197. The predicted octanol–water partition coefficient (Wildman–Crippen LogP) is 2.89. The van der Waals surface area contributed by atoms with E-state index in [4.69, 9.17) is 4.74 Å². The van der Waals surface area contributed by atoms with E-state index >= 15 is 0 Å². The number of amides is 2. The van der Waals surface area contributed by atoms with Crippen LogP contribution < -0.4 is 15.4 Å². The number of aromatic nitrogens is 2. The molecular formula is C22H21FN4O3. The average Bonchev–Trinajstić information content (AvgIpc) is 3.35. The van der Waals surface area contributed by atoms with E-state index in [1.807, 2.05) is 30.3 Å². The van der Waals surface area contributed by atoms with E-state index in [1.165, 1.54) is 19.3 Å². The Kier molecular flexibility index (Phi) is 5.22. The van der Waals surface area contributed by atoms with E-state index in [0.717, 1.165) is 5.56 Å². The zero-order valence-electron chi connectivity index (χ0n) is 16.6. The lowest BCUT2D eigenvalue weighted by atomic mass is 9.86. The predicted molar refractivity (Wildman–Crippen MR) is 110 cm³/mol. The summed E-state index contributed by atoms with van der Waals surface area (Å²) in [6.45, 7) is -0.724. The second kappa shape index (κ2) is 7.98. The maximum atomic E-state index is 13.8. The Bertz CT molecular complexity index is 1100. The van der Waals surface area contributed by atoms with Gasteiger partial charge in [0, 0.05) is 31.4 Å². The molecule has 7 nitrogen and oxygen atoms in total. The number of alkyl halides is 1. The highest BCUT2D eigenvalue weighted by Crippen LogP contribution is 2.45. The third-order valence-electron chi connectivity index (χ3n) is 5.10. The fraction of sp³-hybridized carbons (Fsp3) is 0.227. The molecule has 0 radical (unpaired) electrons. The molecule has 2 heterocycles. The van der Waals surface area contributed by atoms with Crippen LogP contribution in [0.15, 0.2) is 54.9 Å². The average molecular weight is 408 g/mol. The van der Waals surface area contributed by atoms with E-state index in [9.17, 15) is 14.0 Å². The molecule has 2 N–H and O–H groups in total. The molecule has 2 amide bonds. The molecule has 1 aliphatic rings. The van der Waals surface area contributed by atoms with Crippen molar-refractivity contribution in [2.75, 3.05) is 19.0 Å². The van der Waals surface area contributed by atoms with Crippen molar-refractivity contribution < 1.29 is 18.7 Å². The van der Waals surface area contributed by atoms with Crippen LogP contribution in [0.5, 0.6) is 5.75 Å². The molecule has 0 bridgehead atoms. The Morgan fingerprint density at radius 3 is 2.60 bits per heavy atom. The first kappa shape index (κ1) is 19.6. The number of nitrogens with one attached hydrogen (secondary N) is 2. The lowest BCUT2D eigenvalue weighted by Crippen LogP contribution is -2.22. The fourth-order valence-electron chi connectivity index (χ4n) is 3.73. The summed E-state index contributed by atoms with van der Waals surface area (Å²) in [6.07, 6.45) is 2.42. The highest BCUT2D eigenvalue weighted by atomic mass is 19.1. The number of hydrogen-bond acceptors (Lipinski definition) is 4. The first-order valence-electron chi connectivity index (χ1n) is 9.49. The Morgan fingerprint density at radius 2 is 1.97 bits per heavy atom. The molecule has 0 saturated carbocycles. The van der Waals surface area contributed by atoms with Gasteiger partial charge in [0.05, 0.1) is 23.4 Å². The van der Waals surface area contributed by atoms with Gasteiger partial charge in [0.15, 0.2) is 0 Å². The summed E-state index contributed by atoms with van der Waals surface area (Å²) in [5, 5.41) is 9.35. The number of rotatable bonds is 5. The van der Waals surface area contributed by atoms with Crippen molar-refractivity contribution in [3.8, 4) is 5.75 Å². The summed E-state index contributed by atoms with van der Waals surface area (Å²) in [5.41, 5.74) is 2.47. The van der Waals surface area contributed by atoms with Gasteiger partial charge in [0.25, 0.3) is 11.8 Å². The van der Waals surface area contributed by atoms with Crippen molar-refractivity contribution in [1.29, 1.82) is 0 Å². The maximum absolute atomic E-state index is 13.8. The van der Waals surface area contributed by atoms with Gasteiger partial charge in [0.2, 0.25) is 0 Å². The number of carbonyl (C=O) groups is 2. The molecule has 154 valence electrons. The third-order valence-corrected chi connectivity index (χ3v) is 5.10. The van der Waals surface area contributed by atoms with E-state index in [-0.39, 0.29) is 11.1 Å². The van der Waals surface area contributed by atoms with Gasteiger partial charge in [-0.1, -0.05) is 30.3 Å². The highest BCUT2D eigenvalue weighted by molar-refractivity contribution is 6.07. The minimum atomic E-state index is -0.776. The molecule has 0 spiro atoms. The van der Waals surface area contributed by atoms with Crippen molar-refractivity contribution in [3.05, 3.63) is 77.1 Å². The van der Waals surface area contributed by atoms with Gasteiger partial charge in [0.1, 0.15) is 18.5 Å². The highest BCUT2D eigenvalue weighted by Gasteiger charge is 2.39. The standard InChI is InChI=1S/C22H21FN4O3/c1-24-22(29)17-9-14(21(28)26-15-11-25-27(2)12-15)8-16-19(13-6-4-3-5-7-13)18(10-23)30-20(16)17/h3-9,11-12,18-19H,10H2,1-2H3,(H,24,29)(H,26,28). The van der Waals surface area contributed by atoms with Crippen LogP contribution in [0, 0.1) is 0 Å². The van der Waals surface area contributed by atoms with Crippen molar-refractivity contribution >= 4 is 17.5 Å². The summed E-state index contributed by atoms with van der Waals surface area (Å²) in [4.78, 5) is 25.4. The van der Waals surface area contributed by atoms with Gasteiger partial charge in [-0.2, -0.15) is 5.10 Å². The van der Waals surface area contributed by atoms with Gasteiger partial charge in [-0.15, -0.1) is 0 Å². The zero-order valence-corrected chi connectivity index (χ0v) is 16.6. The fourth-order valence-corrected chi connectivity index (χ4v) is 3.73. The van der Waals surface area contributed by atoms with E-state index in [2.05, 4.69) is 15.7 Å². The number of benzene rings is 2. The Labute approximate surface area is 172 Å². The molecule has 0 fully saturated rings. The number of aryl methyl sites for hydroxylation is 1. The summed E-state index contributed by atoms with van der Waals surface area (Å²) < 4.78 is 21.3. The van der Waals surface area contributed by atoms with Crippen LogP contribution in [-0.4, -0.2) is 41.4 Å². The summed E-state index contributed by atoms with van der Waals surface area (Å²) in [5.74, 6) is -0.926. The molecule has 30 heavy (non-hydrogen) atoms. The first-order valence-corrected chi connectivity index (χ1v) is 9.49. The summed E-state index contributed by atoms with van der Waals surface area (Å²) in [7, 11) is 3.24. The molecule has 1 aromatic heterocycles. The topological polar surface area (TPSA) is 85.3 Å². The smallest absolute Gasteiger partial charge is 0.255 e. The van der Waals surface area contributed by atoms with Gasteiger partial charge in [-0.3, -0.25) is 14.3 Å². The lowest BCUT2D eigenvalue weighted by molar-refractivity contribution is 0.0955. The van der Waals surface area contributed by atoms with Crippen LogP contribution in [0.25, 0.3) is 0 Å². The van der Waals surface area contributed by atoms with Crippen molar-refractivity contribution in [2.24, 2.45) is 7.05 Å². The van der Waals surface area contributed by atoms with E-state index < -0.39 is 30.5 Å². The molecule has 0 saturated heterocycles. The normalized spacial score (nSPS) is 17.2. The lowest BCUT2D eigenvalue weighted by Gasteiger charge is -2.16. The van der Waals surface area contributed by atoms with Crippen LogP contribution in [0.3, 0.4) is 0 Å². The molecule has 3 aromatic rings. The molecule has 8 heteroatoms. The number of ether oxygens (including phenoxy) is 1. The number of nitrogens with zero attached hydrogens (tertiary/aromatic N) is 2. The van der Waals surface area contributed by atoms with Crippen molar-refractivity contribution in [2.45, 2.75) is 12.0 Å². The van der Waals surface area contributed by atoms with E-state index in [0.29, 0.717) is 17.0 Å². The second-order valence-electron chi connectivity index (χ2n) is 7.08. The number of anilines is 1. The summed E-state index contributed by atoms with van der Waals surface area (Å²) in [6, 6.07) is 12.5. The molecule has 2 atom stereocenters. The number of hydrogen-bond donors (Lipinski definition) is 2. The molecule has 4 rings (SSSR count). The van der Waals surface area contributed by atoms with Crippen LogP contribution in [0.2, 0.25) is 0 Å². The number of carbonyl (C=O) groups excluding carboxylic acids is 2. The summed E-state index contributed by atoms with van der Waals surface area (Å²) >= 11 is 0. The zero-order chi connectivity index (χ0) is 21.3. The van der Waals surface area contributed by atoms with Crippen LogP contribution in [0.1, 0.15) is 37.8 Å². The van der Waals surface area contributed by atoms with E-state index in [1.54, 1.807) is 24.0 Å². The van der Waals surface area contributed by atoms with Crippen LogP contribution >= 0.6 is 0 Å². The monoisotopic (exact) mass is 408 g/mol. The van der Waals surface area contributed by atoms with Gasteiger partial charge in [-0.05, 0) is 17.7 Å². The molecule has 2 unspecified atom stereocenters. The Hall–Kier alpha value is -3.68. The first-order chi connectivity index (χ1) is 14.5. The Balaban J connectivity index is 1.81. The van der Waals surface area contributed by atoms with Gasteiger partial charge < -0.3 is 15.4 Å². The van der Waals surface area contributed by atoms with Gasteiger partial charge in [-0.25, -0.2) is 4.39 Å². The minimum Gasteiger partial charge on any atom is -0.486 e. The second-order valence-corrected chi connectivity index (χ2v) is 7.08. The largest absolute Gasteiger partial charge is 0.486 e. The third kappa shape index (κ3) is 3.52. The quantitative estimate of drug-likeness (QED) is 0.680. The number of fused-ring (bicyclic) bond motifs is 1. The van der Waals surface area contributed by atoms with Crippen LogP contribution in [0.4, 0.5) is 10.1 Å². The molecule has 0 aliphatic carbocycles. The molecule has 2 aromatic carbocycles. The maximum Gasteiger partial charge on any atom is 0.255 e. The van der Waals surface area contributed by atoms with Crippen molar-refractivity contribution in [1.82, 2.24) is 15.1 Å². The Morgan fingerprint density at radius 1 is 1.20 bits per heavy atom. The SMILES string of the molecule is CNC(=O)c1cc(C(=O)Nc2cnn(C)c2)cc2c1OC(CF)C2c1ccccc1.